The number of piperidine rings is 1. The molecule has 1 atom stereocenters. The SMILES string of the molecule is O=C(c1ccnc(-n2cncn2)c1)N1CCCC(O)C1. The molecule has 1 N–H and O–H groups in total. The summed E-state index contributed by atoms with van der Waals surface area (Å²) >= 11 is 0. The number of amides is 1. The molecule has 1 fully saturated rings. The van der Waals surface area contributed by atoms with Crippen LogP contribution in [0.1, 0.15) is 23.2 Å². The lowest BCUT2D eigenvalue weighted by atomic mass is 10.1. The van der Waals surface area contributed by atoms with Gasteiger partial charge >= 0.3 is 0 Å². The maximum absolute atomic E-state index is 12.4. The summed E-state index contributed by atoms with van der Waals surface area (Å²) in [6.45, 7) is 1.07. The Morgan fingerprint density at radius 2 is 2.35 bits per heavy atom. The third-order valence-electron chi connectivity index (χ3n) is 3.33. The minimum Gasteiger partial charge on any atom is -0.391 e. The van der Waals surface area contributed by atoms with E-state index in [0.29, 0.717) is 24.5 Å². The first-order chi connectivity index (χ1) is 9.74. The fraction of sp³-hybridized carbons (Fsp3) is 0.385. The predicted molar refractivity (Wildman–Crippen MR) is 70.3 cm³/mol. The van der Waals surface area contributed by atoms with Gasteiger partial charge < -0.3 is 10.0 Å². The van der Waals surface area contributed by atoms with Crippen molar-refractivity contribution in [1.29, 1.82) is 0 Å². The zero-order valence-electron chi connectivity index (χ0n) is 10.9. The normalized spacial score (nSPS) is 19.1. The second-order valence-electron chi connectivity index (χ2n) is 4.79. The largest absolute Gasteiger partial charge is 0.391 e. The van der Waals surface area contributed by atoms with Gasteiger partial charge in [0.05, 0.1) is 6.10 Å². The van der Waals surface area contributed by atoms with E-state index < -0.39 is 6.10 Å². The van der Waals surface area contributed by atoms with E-state index in [4.69, 9.17) is 0 Å². The molecule has 0 aromatic carbocycles. The molecule has 104 valence electrons. The highest BCUT2D eigenvalue weighted by molar-refractivity contribution is 5.94. The summed E-state index contributed by atoms with van der Waals surface area (Å²) in [7, 11) is 0. The van der Waals surface area contributed by atoms with Crippen LogP contribution in [0.15, 0.2) is 31.0 Å². The van der Waals surface area contributed by atoms with Crippen molar-refractivity contribution in [3.05, 3.63) is 36.5 Å². The molecular weight excluding hydrogens is 258 g/mol. The van der Waals surface area contributed by atoms with Crippen LogP contribution in [-0.4, -0.2) is 54.9 Å². The number of nitrogens with zero attached hydrogens (tertiary/aromatic N) is 5. The molecule has 1 aliphatic heterocycles. The number of β-amino-alcohol motifs (C(OH)–C–C–N with tert-alkyl or cyclic N) is 1. The van der Waals surface area contributed by atoms with E-state index in [1.54, 1.807) is 23.2 Å². The summed E-state index contributed by atoms with van der Waals surface area (Å²) in [5.41, 5.74) is 0.541. The Balaban J connectivity index is 1.83. The van der Waals surface area contributed by atoms with Crippen molar-refractivity contribution < 1.29 is 9.90 Å². The number of carbonyl (C=O) groups excluding carboxylic acids is 1. The lowest BCUT2D eigenvalue weighted by Crippen LogP contribution is -2.42. The summed E-state index contributed by atoms with van der Waals surface area (Å²) in [5, 5.41) is 13.6. The topological polar surface area (TPSA) is 84.1 Å². The maximum Gasteiger partial charge on any atom is 0.254 e. The van der Waals surface area contributed by atoms with Gasteiger partial charge in [0.25, 0.3) is 5.91 Å². The molecule has 7 heteroatoms. The molecule has 0 spiro atoms. The van der Waals surface area contributed by atoms with E-state index in [9.17, 15) is 9.90 Å². The zero-order chi connectivity index (χ0) is 13.9. The average molecular weight is 273 g/mol. The van der Waals surface area contributed by atoms with Gasteiger partial charge in [-0.3, -0.25) is 4.79 Å². The molecule has 1 amide bonds. The Labute approximate surface area is 115 Å². The Morgan fingerprint density at radius 1 is 1.45 bits per heavy atom. The van der Waals surface area contributed by atoms with Crippen LogP contribution in [0.4, 0.5) is 0 Å². The molecule has 0 saturated carbocycles. The number of pyridine rings is 1. The molecule has 3 rings (SSSR count). The molecule has 1 aliphatic rings. The molecule has 0 radical (unpaired) electrons. The van der Waals surface area contributed by atoms with Crippen molar-refractivity contribution in [3.63, 3.8) is 0 Å². The van der Waals surface area contributed by atoms with Crippen LogP contribution < -0.4 is 0 Å². The van der Waals surface area contributed by atoms with Gasteiger partial charge in [-0.1, -0.05) is 0 Å². The number of aliphatic hydroxyl groups is 1. The third-order valence-corrected chi connectivity index (χ3v) is 3.33. The number of hydrogen-bond donors (Lipinski definition) is 1. The van der Waals surface area contributed by atoms with Gasteiger partial charge in [0.15, 0.2) is 5.82 Å². The highest BCUT2D eigenvalue weighted by atomic mass is 16.3. The Hall–Kier alpha value is -2.28. The number of aliphatic hydroxyl groups excluding tert-OH is 1. The van der Waals surface area contributed by atoms with Gasteiger partial charge in [-0.2, -0.15) is 5.10 Å². The van der Waals surface area contributed by atoms with Crippen LogP contribution in [0.5, 0.6) is 0 Å². The Morgan fingerprint density at radius 3 is 3.10 bits per heavy atom. The van der Waals surface area contributed by atoms with Gasteiger partial charge in [-0.25, -0.2) is 14.6 Å². The maximum atomic E-state index is 12.4. The molecule has 0 bridgehead atoms. The number of rotatable bonds is 2. The van der Waals surface area contributed by atoms with E-state index in [-0.39, 0.29) is 5.91 Å². The van der Waals surface area contributed by atoms with E-state index in [0.717, 1.165) is 12.8 Å². The fourth-order valence-corrected chi connectivity index (χ4v) is 2.33. The lowest BCUT2D eigenvalue weighted by molar-refractivity contribution is 0.0473. The number of hydrogen-bond acceptors (Lipinski definition) is 5. The Bertz CT molecular complexity index is 599. The second-order valence-corrected chi connectivity index (χ2v) is 4.79. The predicted octanol–water partition coefficient (Wildman–Crippen LogP) is 0.259. The summed E-state index contributed by atoms with van der Waals surface area (Å²) < 4.78 is 1.50. The highest BCUT2D eigenvalue weighted by Crippen LogP contribution is 2.14. The molecular formula is C13H15N5O2. The van der Waals surface area contributed by atoms with E-state index in [2.05, 4.69) is 15.1 Å². The van der Waals surface area contributed by atoms with E-state index in [1.165, 1.54) is 17.3 Å². The summed E-state index contributed by atoms with van der Waals surface area (Å²) in [5.74, 6) is 0.457. The molecule has 3 heterocycles. The quantitative estimate of drug-likeness (QED) is 0.848. The van der Waals surface area contributed by atoms with Gasteiger partial charge in [0, 0.05) is 24.8 Å². The highest BCUT2D eigenvalue weighted by Gasteiger charge is 2.23. The van der Waals surface area contributed by atoms with Crippen LogP contribution in [0.3, 0.4) is 0 Å². The van der Waals surface area contributed by atoms with Gasteiger partial charge in [0.1, 0.15) is 12.7 Å². The van der Waals surface area contributed by atoms with Crippen molar-refractivity contribution >= 4 is 5.91 Å². The minimum absolute atomic E-state index is 0.0903. The molecule has 2 aromatic rings. The molecule has 0 aliphatic carbocycles. The fourth-order valence-electron chi connectivity index (χ4n) is 2.33. The van der Waals surface area contributed by atoms with Crippen molar-refractivity contribution in [1.82, 2.24) is 24.6 Å². The molecule has 7 nitrogen and oxygen atoms in total. The van der Waals surface area contributed by atoms with Crippen molar-refractivity contribution in [2.24, 2.45) is 0 Å². The smallest absolute Gasteiger partial charge is 0.254 e. The van der Waals surface area contributed by atoms with Crippen LogP contribution in [0.2, 0.25) is 0 Å². The lowest BCUT2D eigenvalue weighted by Gasteiger charge is -2.30. The van der Waals surface area contributed by atoms with Crippen LogP contribution in [0.25, 0.3) is 5.82 Å². The van der Waals surface area contributed by atoms with Crippen LogP contribution >= 0.6 is 0 Å². The number of carbonyl (C=O) groups is 1. The first-order valence-electron chi connectivity index (χ1n) is 6.52. The molecule has 2 aromatic heterocycles. The summed E-state index contributed by atoms with van der Waals surface area (Å²) in [6, 6.07) is 3.35. The number of aromatic nitrogens is 4. The van der Waals surface area contributed by atoms with Gasteiger partial charge in [-0.05, 0) is 25.0 Å². The number of likely N-dealkylation sites (tertiary alicyclic amines) is 1. The monoisotopic (exact) mass is 273 g/mol. The Kier molecular flexibility index (Phi) is 3.42. The van der Waals surface area contributed by atoms with E-state index in [1.807, 2.05) is 0 Å². The van der Waals surface area contributed by atoms with Crippen molar-refractivity contribution in [2.75, 3.05) is 13.1 Å². The van der Waals surface area contributed by atoms with Gasteiger partial charge in [-0.15, -0.1) is 0 Å². The van der Waals surface area contributed by atoms with Crippen LogP contribution in [0, 0.1) is 0 Å². The third kappa shape index (κ3) is 2.53. The molecule has 1 unspecified atom stereocenters. The van der Waals surface area contributed by atoms with Crippen molar-refractivity contribution in [3.8, 4) is 5.82 Å². The average Bonchev–Trinajstić information content (AvgIpc) is 3.01. The zero-order valence-corrected chi connectivity index (χ0v) is 10.9. The first kappa shape index (κ1) is 12.7. The second kappa shape index (κ2) is 5.38. The molecule has 1 saturated heterocycles. The van der Waals surface area contributed by atoms with E-state index >= 15 is 0 Å². The molecule has 20 heavy (non-hydrogen) atoms. The van der Waals surface area contributed by atoms with Crippen molar-refractivity contribution in [2.45, 2.75) is 18.9 Å². The standard InChI is InChI=1S/C13H15N5O2/c19-11-2-1-5-17(7-11)13(20)10-3-4-15-12(6-10)18-9-14-8-16-18/h3-4,6,8-9,11,19H,1-2,5,7H2. The minimum atomic E-state index is -0.427. The summed E-state index contributed by atoms with van der Waals surface area (Å²) in [4.78, 5) is 22.1. The summed E-state index contributed by atoms with van der Waals surface area (Å²) in [6.07, 6.45) is 5.67. The van der Waals surface area contributed by atoms with Gasteiger partial charge in [0.2, 0.25) is 0 Å². The first-order valence-corrected chi connectivity index (χ1v) is 6.52. The van der Waals surface area contributed by atoms with Crippen LogP contribution in [-0.2, 0) is 0 Å².